The largest absolute Gasteiger partial charge is 0.348 e. The van der Waals surface area contributed by atoms with Crippen molar-refractivity contribution in [3.63, 3.8) is 0 Å². The van der Waals surface area contributed by atoms with Crippen molar-refractivity contribution in [2.45, 2.75) is 44.6 Å². The highest BCUT2D eigenvalue weighted by molar-refractivity contribution is 5.31. The summed E-state index contributed by atoms with van der Waals surface area (Å²) in [5.41, 5.74) is 0.905. The number of aromatic nitrogens is 4. The lowest BCUT2D eigenvalue weighted by atomic mass is 9.94. The van der Waals surface area contributed by atoms with Crippen molar-refractivity contribution in [1.29, 1.82) is 0 Å². The Labute approximate surface area is 147 Å². The van der Waals surface area contributed by atoms with E-state index in [9.17, 15) is 4.79 Å². The van der Waals surface area contributed by atoms with Gasteiger partial charge in [-0.25, -0.2) is 9.97 Å². The Morgan fingerprint density at radius 3 is 2.84 bits per heavy atom. The molecule has 1 atom stereocenters. The number of aromatic amines is 2. The van der Waals surface area contributed by atoms with E-state index in [1.54, 1.807) is 12.3 Å². The number of piperidine rings is 2. The minimum Gasteiger partial charge on any atom is -0.348 e. The number of imidazole rings is 1. The Bertz CT molecular complexity index is 734. The summed E-state index contributed by atoms with van der Waals surface area (Å²) in [5, 5.41) is 0. The van der Waals surface area contributed by atoms with E-state index in [2.05, 4.69) is 24.8 Å². The van der Waals surface area contributed by atoms with Crippen LogP contribution in [0.5, 0.6) is 0 Å². The molecule has 2 fully saturated rings. The molecule has 0 aromatic carbocycles. The molecule has 0 aliphatic carbocycles. The van der Waals surface area contributed by atoms with Crippen LogP contribution in [0.1, 0.15) is 49.5 Å². The molecule has 4 rings (SSSR count). The second-order valence-corrected chi connectivity index (χ2v) is 7.15. The third-order valence-corrected chi connectivity index (χ3v) is 5.26. The van der Waals surface area contributed by atoms with Crippen LogP contribution >= 0.6 is 0 Å². The number of hydrogen-bond acceptors (Lipinski definition) is 5. The molecule has 7 nitrogen and oxygen atoms in total. The maximum Gasteiger partial charge on any atom is 0.252 e. The molecule has 2 N–H and O–H groups in total. The van der Waals surface area contributed by atoms with E-state index in [0.717, 1.165) is 63.0 Å². The van der Waals surface area contributed by atoms with Crippen LogP contribution in [0.25, 0.3) is 0 Å². The summed E-state index contributed by atoms with van der Waals surface area (Å²) in [6, 6.07) is 1.69. The first-order valence-electron chi connectivity index (χ1n) is 9.35. The van der Waals surface area contributed by atoms with Gasteiger partial charge in [-0.15, -0.1) is 0 Å². The summed E-state index contributed by atoms with van der Waals surface area (Å²) in [5.74, 6) is 2.06. The summed E-state index contributed by atoms with van der Waals surface area (Å²) in [6.45, 7) is 4.80. The average molecular weight is 342 g/mol. The van der Waals surface area contributed by atoms with Crippen LogP contribution in [0.2, 0.25) is 0 Å². The van der Waals surface area contributed by atoms with Gasteiger partial charge in [0.2, 0.25) is 5.95 Å². The number of nitrogens with one attached hydrogen (secondary N) is 2. The lowest BCUT2D eigenvalue weighted by Gasteiger charge is -2.32. The molecule has 2 aliphatic heterocycles. The van der Waals surface area contributed by atoms with Crippen LogP contribution in [-0.2, 0) is 6.54 Å². The smallest absolute Gasteiger partial charge is 0.252 e. The SMILES string of the molecule is O=c1cc(C2CCCN(Cc3ncc[nH]3)C2)nc(N2CCCCC2)[nH]1. The molecule has 2 saturated heterocycles. The fraction of sp³-hybridized carbons (Fsp3) is 0.611. The Morgan fingerprint density at radius 2 is 2.04 bits per heavy atom. The zero-order valence-electron chi connectivity index (χ0n) is 14.6. The van der Waals surface area contributed by atoms with Gasteiger partial charge >= 0.3 is 0 Å². The lowest BCUT2D eigenvalue weighted by molar-refractivity contribution is 0.194. The van der Waals surface area contributed by atoms with E-state index >= 15 is 0 Å². The Morgan fingerprint density at radius 1 is 1.16 bits per heavy atom. The molecule has 0 radical (unpaired) electrons. The van der Waals surface area contributed by atoms with Gasteiger partial charge in [0, 0.05) is 44.0 Å². The maximum atomic E-state index is 12.2. The van der Waals surface area contributed by atoms with Gasteiger partial charge < -0.3 is 9.88 Å². The van der Waals surface area contributed by atoms with Crippen molar-refractivity contribution in [3.8, 4) is 0 Å². The van der Waals surface area contributed by atoms with Crippen LogP contribution in [0.4, 0.5) is 5.95 Å². The van der Waals surface area contributed by atoms with E-state index in [4.69, 9.17) is 4.98 Å². The van der Waals surface area contributed by atoms with Crippen molar-refractivity contribution in [2.75, 3.05) is 31.1 Å². The van der Waals surface area contributed by atoms with E-state index in [1.807, 2.05) is 6.20 Å². The molecule has 0 spiro atoms. The van der Waals surface area contributed by atoms with Crippen molar-refractivity contribution >= 4 is 5.95 Å². The van der Waals surface area contributed by atoms with Crippen LogP contribution in [0.3, 0.4) is 0 Å². The van der Waals surface area contributed by atoms with Crippen LogP contribution < -0.4 is 10.5 Å². The molecule has 1 unspecified atom stereocenters. The number of likely N-dealkylation sites (tertiary alicyclic amines) is 1. The zero-order chi connectivity index (χ0) is 17.1. The highest BCUT2D eigenvalue weighted by atomic mass is 16.1. The fourth-order valence-corrected chi connectivity index (χ4v) is 3.96. The topological polar surface area (TPSA) is 80.9 Å². The van der Waals surface area contributed by atoms with Gasteiger partial charge in [0.25, 0.3) is 5.56 Å². The third kappa shape index (κ3) is 3.92. The van der Waals surface area contributed by atoms with E-state index in [-0.39, 0.29) is 5.56 Å². The predicted octanol–water partition coefficient (Wildman–Crippen LogP) is 1.86. The molecule has 134 valence electrons. The molecule has 2 aromatic heterocycles. The van der Waals surface area contributed by atoms with Crippen LogP contribution in [-0.4, -0.2) is 51.0 Å². The standard InChI is InChI=1S/C18H26N6O/c25-17-11-15(21-18(22-17)24-9-2-1-3-10-24)14-5-4-8-23(12-14)13-16-19-6-7-20-16/h6-7,11,14H,1-5,8-10,12-13H2,(H,19,20)(H,21,22,25). The third-order valence-electron chi connectivity index (χ3n) is 5.26. The summed E-state index contributed by atoms with van der Waals surface area (Å²) in [7, 11) is 0. The van der Waals surface area contributed by atoms with Crippen LogP contribution in [0, 0.1) is 0 Å². The van der Waals surface area contributed by atoms with Crippen molar-refractivity contribution in [1.82, 2.24) is 24.8 Å². The lowest BCUT2D eigenvalue weighted by Crippen LogP contribution is -2.36. The highest BCUT2D eigenvalue weighted by Gasteiger charge is 2.24. The second-order valence-electron chi connectivity index (χ2n) is 7.15. The van der Waals surface area contributed by atoms with Crippen molar-refractivity contribution in [2.24, 2.45) is 0 Å². The molecule has 0 amide bonds. The highest BCUT2D eigenvalue weighted by Crippen LogP contribution is 2.26. The zero-order valence-corrected chi connectivity index (χ0v) is 14.6. The van der Waals surface area contributed by atoms with Gasteiger partial charge in [0.1, 0.15) is 5.82 Å². The first-order chi connectivity index (χ1) is 12.3. The maximum absolute atomic E-state index is 12.2. The number of hydrogen-bond donors (Lipinski definition) is 2. The molecule has 0 bridgehead atoms. The van der Waals surface area contributed by atoms with E-state index in [0.29, 0.717) is 5.92 Å². The minimum atomic E-state index is -0.0336. The first-order valence-corrected chi connectivity index (χ1v) is 9.35. The second kappa shape index (κ2) is 7.39. The van der Waals surface area contributed by atoms with Gasteiger partial charge in [-0.1, -0.05) is 0 Å². The molecule has 0 saturated carbocycles. The molecule has 2 aromatic rings. The average Bonchev–Trinajstić information content (AvgIpc) is 3.15. The monoisotopic (exact) mass is 342 g/mol. The van der Waals surface area contributed by atoms with Gasteiger partial charge in [-0.3, -0.25) is 14.7 Å². The van der Waals surface area contributed by atoms with Gasteiger partial charge in [-0.05, 0) is 38.6 Å². The Hall–Kier alpha value is -2.15. The molecule has 25 heavy (non-hydrogen) atoms. The first kappa shape index (κ1) is 16.3. The quantitative estimate of drug-likeness (QED) is 0.886. The summed E-state index contributed by atoms with van der Waals surface area (Å²) < 4.78 is 0. The number of nitrogens with zero attached hydrogens (tertiary/aromatic N) is 4. The van der Waals surface area contributed by atoms with Crippen molar-refractivity contribution < 1.29 is 0 Å². The Balaban J connectivity index is 1.50. The summed E-state index contributed by atoms with van der Waals surface area (Å²) in [6.07, 6.45) is 9.48. The van der Waals surface area contributed by atoms with Gasteiger partial charge in [0.05, 0.1) is 12.2 Å². The Kier molecular flexibility index (Phi) is 4.83. The van der Waals surface area contributed by atoms with Crippen molar-refractivity contribution in [3.05, 3.63) is 40.3 Å². The summed E-state index contributed by atoms with van der Waals surface area (Å²) in [4.78, 5) is 32.1. The van der Waals surface area contributed by atoms with Gasteiger partial charge in [0.15, 0.2) is 0 Å². The molecule has 2 aliphatic rings. The number of rotatable bonds is 4. The number of H-pyrrole nitrogens is 2. The molecular weight excluding hydrogens is 316 g/mol. The minimum absolute atomic E-state index is 0.0336. The van der Waals surface area contributed by atoms with E-state index < -0.39 is 0 Å². The fourth-order valence-electron chi connectivity index (χ4n) is 3.96. The van der Waals surface area contributed by atoms with E-state index in [1.165, 1.54) is 19.3 Å². The van der Waals surface area contributed by atoms with Crippen LogP contribution in [0.15, 0.2) is 23.3 Å². The molecule has 4 heterocycles. The number of anilines is 1. The molecular formula is C18H26N6O. The predicted molar refractivity (Wildman–Crippen MR) is 96.8 cm³/mol. The normalized spacial score (nSPS) is 22.2. The summed E-state index contributed by atoms with van der Waals surface area (Å²) >= 11 is 0. The molecule has 7 heteroatoms. The van der Waals surface area contributed by atoms with Gasteiger partial charge in [-0.2, -0.15) is 0 Å².